The van der Waals surface area contributed by atoms with Gasteiger partial charge in [0, 0.05) is 5.75 Å². The molecule has 0 bridgehead atoms. The Morgan fingerprint density at radius 2 is 1.70 bits per heavy atom. The van der Waals surface area contributed by atoms with Gasteiger partial charge in [-0.05, 0) is 12.7 Å². The zero-order chi connectivity index (χ0) is 7.91. The number of hydrogen-bond acceptors (Lipinski definition) is 4. The van der Waals surface area contributed by atoms with Crippen LogP contribution in [0.15, 0.2) is 0 Å². The van der Waals surface area contributed by atoms with Crippen LogP contribution in [0.1, 0.15) is 13.3 Å². The maximum atomic E-state index is 9.68. The van der Waals surface area contributed by atoms with E-state index < -0.39 is 10.1 Å². The van der Waals surface area contributed by atoms with E-state index in [1.54, 1.807) is 13.2 Å². The third kappa shape index (κ3) is 22.8. The normalized spacial score (nSPS) is 8.80. The topological polar surface area (TPSA) is 57.2 Å². The minimum atomic E-state index is -3.92. The van der Waals surface area contributed by atoms with Crippen molar-refractivity contribution in [3.63, 3.8) is 0 Å². The van der Waals surface area contributed by atoms with Crippen molar-refractivity contribution >= 4 is 22.7 Å². The maximum absolute atomic E-state index is 9.68. The molecule has 0 aliphatic carbocycles. The maximum Gasteiger partial charge on any atom is 1.00 e. The van der Waals surface area contributed by atoms with Gasteiger partial charge in [0.1, 0.15) is 0 Å². The summed E-state index contributed by atoms with van der Waals surface area (Å²) in [5.41, 5.74) is 0. The van der Waals surface area contributed by atoms with E-state index in [0.717, 1.165) is 0 Å². The molecule has 0 N–H and O–H groups in total. The summed E-state index contributed by atoms with van der Waals surface area (Å²) < 4.78 is 29.0. The van der Waals surface area contributed by atoms with Gasteiger partial charge in [0.05, 0.1) is 10.1 Å². The van der Waals surface area contributed by atoms with Crippen molar-refractivity contribution in [1.29, 1.82) is 0 Å². The second-order valence-electron chi connectivity index (χ2n) is 1.26. The third-order valence-electron chi connectivity index (χ3n) is 0.454. The predicted octanol–water partition coefficient (Wildman–Crippen LogP) is -2.51. The second kappa shape index (κ2) is 10.3. The summed E-state index contributed by atoms with van der Waals surface area (Å²) in [6.45, 7) is 1.65. The van der Waals surface area contributed by atoms with Crippen molar-refractivity contribution < 1.29 is 42.5 Å². The summed E-state index contributed by atoms with van der Waals surface area (Å²) in [5.74, 6) is -0.243. The Balaban J connectivity index is -0.000000149. The van der Waals surface area contributed by atoms with Gasteiger partial charge >= 0.3 is 29.6 Å². The fourth-order valence-electron chi connectivity index (χ4n) is 0.250. The molecule has 0 aliphatic rings. The smallest absolute Gasteiger partial charge is 0.748 e. The molecule has 0 radical (unpaired) electrons. The summed E-state index contributed by atoms with van der Waals surface area (Å²) in [5, 5.41) is 0. The van der Waals surface area contributed by atoms with E-state index in [4.69, 9.17) is 0 Å². The van der Waals surface area contributed by atoms with Gasteiger partial charge in [-0.3, -0.25) is 0 Å². The van der Waals surface area contributed by atoms with Crippen LogP contribution >= 0.6 is 12.6 Å². The summed E-state index contributed by atoms with van der Waals surface area (Å²) in [6.07, 6.45) is 2.10. The molecule has 0 aromatic heterocycles. The summed E-state index contributed by atoms with van der Waals surface area (Å²) in [4.78, 5) is 0. The van der Waals surface area contributed by atoms with Crippen molar-refractivity contribution in [3.8, 4) is 0 Å². The number of thiol groups is 1. The Morgan fingerprint density at radius 3 is 1.70 bits per heavy atom. The second-order valence-corrected chi connectivity index (χ2v) is 2.79. The fraction of sp³-hybridized carbons (Fsp3) is 1.00. The van der Waals surface area contributed by atoms with E-state index in [1.807, 2.05) is 0 Å². The van der Waals surface area contributed by atoms with Crippen LogP contribution in [0.4, 0.5) is 0 Å². The van der Waals surface area contributed by atoms with Gasteiger partial charge in [-0.1, -0.05) is 6.92 Å². The zero-order valence-corrected chi connectivity index (χ0v) is 10.2. The van der Waals surface area contributed by atoms with Gasteiger partial charge in [0.15, 0.2) is 0 Å². The molecule has 3 nitrogen and oxygen atoms in total. The Morgan fingerprint density at radius 1 is 1.40 bits per heavy atom. The van der Waals surface area contributed by atoms with E-state index in [2.05, 4.69) is 12.6 Å². The SMILES string of the molecule is CCCS(=O)(=O)[O-].CS.[Na+]. The standard InChI is InChI=1S/C3H8O3S.CH4S.Na/c1-2-3-7(4,5)6;1-2;/h2-3H2,1H3,(H,4,5,6);2H,1H3;/q;;+1/p-1. The molecule has 0 atom stereocenters. The molecule has 0 amide bonds. The molecule has 58 valence electrons. The van der Waals surface area contributed by atoms with Crippen molar-refractivity contribution in [1.82, 2.24) is 0 Å². The van der Waals surface area contributed by atoms with Crippen molar-refractivity contribution in [2.75, 3.05) is 12.0 Å². The molecule has 0 aromatic carbocycles. The number of rotatable bonds is 2. The minimum absolute atomic E-state index is 0. The molecule has 0 rings (SSSR count). The van der Waals surface area contributed by atoms with Crippen molar-refractivity contribution in [2.45, 2.75) is 13.3 Å². The van der Waals surface area contributed by atoms with E-state index in [9.17, 15) is 13.0 Å². The monoisotopic (exact) mass is 194 g/mol. The first kappa shape index (κ1) is 17.4. The minimum Gasteiger partial charge on any atom is -0.748 e. The van der Waals surface area contributed by atoms with Crippen LogP contribution < -0.4 is 29.6 Å². The first-order valence-electron chi connectivity index (χ1n) is 2.44. The average Bonchev–Trinajstić information content (AvgIpc) is 1.69. The molecular formula is C4H11NaO3S2. The van der Waals surface area contributed by atoms with Crippen LogP contribution in [0.3, 0.4) is 0 Å². The van der Waals surface area contributed by atoms with E-state index in [-0.39, 0.29) is 35.3 Å². The molecule has 0 unspecified atom stereocenters. The summed E-state index contributed by atoms with van der Waals surface area (Å²) in [6, 6.07) is 0. The van der Waals surface area contributed by atoms with E-state index >= 15 is 0 Å². The molecule has 0 spiro atoms. The largest absolute Gasteiger partial charge is 1.00 e. The Hall–Kier alpha value is 1.26. The van der Waals surface area contributed by atoms with Gasteiger partial charge in [-0.15, -0.1) is 0 Å². The summed E-state index contributed by atoms with van der Waals surface area (Å²) in [7, 11) is -3.92. The molecule has 10 heavy (non-hydrogen) atoms. The molecule has 0 aliphatic heterocycles. The molecule has 0 saturated carbocycles. The molecule has 0 aromatic rings. The van der Waals surface area contributed by atoms with Gasteiger partial charge in [0.2, 0.25) is 0 Å². The number of hydrogen-bond donors (Lipinski definition) is 1. The first-order chi connectivity index (χ1) is 4.06. The van der Waals surface area contributed by atoms with Gasteiger partial charge in [0.25, 0.3) is 0 Å². The first-order valence-corrected chi connectivity index (χ1v) is 4.91. The zero-order valence-electron chi connectivity index (χ0n) is 6.49. The fourth-order valence-corrected chi connectivity index (χ4v) is 0.750. The average molecular weight is 194 g/mol. The van der Waals surface area contributed by atoms with E-state index in [1.165, 1.54) is 0 Å². The van der Waals surface area contributed by atoms with E-state index in [0.29, 0.717) is 6.42 Å². The Kier molecular flexibility index (Phi) is 17.8. The van der Waals surface area contributed by atoms with Gasteiger partial charge in [-0.25, -0.2) is 8.42 Å². The quantitative estimate of drug-likeness (QED) is 0.300. The predicted molar refractivity (Wildman–Crippen MR) is 39.8 cm³/mol. The van der Waals surface area contributed by atoms with Gasteiger partial charge in [-0.2, -0.15) is 12.6 Å². The molecule has 0 saturated heterocycles. The van der Waals surface area contributed by atoms with Crippen LogP contribution in [0.2, 0.25) is 0 Å². The van der Waals surface area contributed by atoms with Crippen LogP contribution in [-0.2, 0) is 10.1 Å². The van der Waals surface area contributed by atoms with Crippen LogP contribution in [0, 0.1) is 0 Å². The van der Waals surface area contributed by atoms with Crippen molar-refractivity contribution in [3.05, 3.63) is 0 Å². The summed E-state index contributed by atoms with van der Waals surface area (Å²) >= 11 is 3.53. The Labute approximate surface area is 90.0 Å². The molecule has 6 heteroatoms. The van der Waals surface area contributed by atoms with Crippen LogP contribution in [0.25, 0.3) is 0 Å². The third-order valence-corrected chi connectivity index (χ3v) is 1.36. The molecular weight excluding hydrogens is 183 g/mol. The van der Waals surface area contributed by atoms with Gasteiger partial charge < -0.3 is 4.55 Å². The van der Waals surface area contributed by atoms with Crippen LogP contribution in [0.5, 0.6) is 0 Å². The van der Waals surface area contributed by atoms with Crippen LogP contribution in [-0.4, -0.2) is 25.0 Å². The molecule has 0 heterocycles. The van der Waals surface area contributed by atoms with Crippen molar-refractivity contribution in [2.24, 2.45) is 0 Å². The molecule has 0 fully saturated rings. The Bertz CT molecular complexity index is 131.